The highest BCUT2D eigenvalue weighted by Crippen LogP contribution is 2.23. The molecule has 0 heterocycles. The Labute approximate surface area is 82.5 Å². The summed E-state index contributed by atoms with van der Waals surface area (Å²) < 4.78 is 0. The van der Waals surface area contributed by atoms with Crippen molar-refractivity contribution in [3.63, 3.8) is 0 Å². The largest absolute Gasteiger partial charge is 0.393 e. The van der Waals surface area contributed by atoms with Gasteiger partial charge < -0.3 is 10.8 Å². The number of aliphatic hydroxyl groups is 1. The quantitative estimate of drug-likeness (QED) is 0.669. The van der Waals surface area contributed by atoms with Crippen molar-refractivity contribution in [2.45, 2.75) is 53.1 Å². The molecule has 1 atom stereocenters. The predicted octanol–water partition coefficient (Wildman–Crippen LogP) is 2.16. The molecule has 0 aliphatic heterocycles. The first-order valence-electron chi connectivity index (χ1n) is 5.28. The molecule has 0 aliphatic carbocycles. The van der Waals surface area contributed by atoms with E-state index in [1.54, 1.807) is 0 Å². The molecular formula is C11H25NO. The van der Waals surface area contributed by atoms with Crippen LogP contribution < -0.4 is 5.73 Å². The van der Waals surface area contributed by atoms with Crippen LogP contribution in [-0.2, 0) is 0 Å². The van der Waals surface area contributed by atoms with Crippen molar-refractivity contribution in [1.82, 2.24) is 0 Å². The van der Waals surface area contributed by atoms with Crippen molar-refractivity contribution < 1.29 is 5.11 Å². The molecule has 13 heavy (non-hydrogen) atoms. The van der Waals surface area contributed by atoms with Gasteiger partial charge in [-0.3, -0.25) is 0 Å². The molecule has 0 fully saturated rings. The molecule has 0 saturated carbocycles. The summed E-state index contributed by atoms with van der Waals surface area (Å²) >= 11 is 0. The number of hydrogen-bond acceptors (Lipinski definition) is 2. The second kappa shape index (κ2) is 5.61. The van der Waals surface area contributed by atoms with Gasteiger partial charge in [-0.2, -0.15) is 0 Å². The lowest BCUT2D eigenvalue weighted by Crippen LogP contribution is -2.36. The fraction of sp³-hybridized carbons (Fsp3) is 1.00. The van der Waals surface area contributed by atoms with Crippen LogP contribution in [0.4, 0.5) is 0 Å². The fourth-order valence-corrected chi connectivity index (χ4v) is 1.25. The van der Waals surface area contributed by atoms with Crippen LogP contribution in [0, 0.1) is 11.3 Å². The Morgan fingerprint density at radius 1 is 1.23 bits per heavy atom. The fourth-order valence-electron chi connectivity index (χ4n) is 1.25. The van der Waals surface area contributed by atoms with Crippen LogP contribution in [-0.4, -0.2) is 17.8 Å². The van der Waals surface area contributed by atoms with E-state index in [1.807, 2.05) is 13.8 Å². The highest BCUT2D eigenvalue weighted by molar-refractivity contribution is 4.78. The maximum Gasteiger partial charge on any atom is 0.0603 e. The molecular weight excluding hydrogens is 162 g/mol. The Morgan fingerprint density at radius 3 is 2.15 bits per heavy atom. The van der Waals surface area contributed by atoms with Gasteiger partial charge in [0.2, 0.25) is 0 Å². The molecule has 3 N–H and O–H groups in total. The zero-order valence-electron chi connectivity index (χ0n) is 9.51. The molecule has 0 aromatic heterocycles. The minimum Gasteiger partial charge on any atom is -0.393 e. The Kier molecular flexibility index (Phi) is 5.57. The van der Waals surface area contributed by atoms with Gasteiger partial charge in [0.1, 0.15) is 0 Å². The zero-order valence-corrected chi connectivity index (χ0v) is 9.51. The standard InChI is InChI=1S/C11H25NO/c1-9(2)6-5-7-10(13)11(3,4)8-12/h9-10,13H,5-8,12H2,1-4H3. The molecule has 0 aromatic carbocycles. The summed E-state index contributed by atoms with van der Waals surface area (Å²) in [5.41, 5.74) is 5.45. The normalized spacial score (nSPS) is 15.0. The predicted molar refractivity (Wildman–Crippen MR) is 57.5 cm³/mol. The third kappa shape index (κ3) is 5.27. The van der Waals surface area contributed by atoms with Crippen molar-refractivity contribution in [2.24, 2.45) is 17.1 Å². The van der Waals surface area contributed by atoms with Crippen molar-refractivity contribution in [3.8, 4) is 0 Å². The monoisotopic (exact) mass is 187 g/mol. The summed E-state index contributed by atoms with van der Waals surface area (Å²) in [5, 5.41) is 9.81. The summed E-state index contributed by atoms with van der Waals surface area (Å²) in [4.78, 5) is 0. The van der Waals surface area contributed by atoms with E-state index in [9.17, 15) is 5.11 Å². The van der Waals surface area contributed by atoms with Crippen LogP contribution in [0.2, 0.25) is 0 Å². The van der Waals surface area contributed by atoms with Gasteiger partial charge in [0, 0.05) is 5.41 Å². The molecule has 0 aliphatic rings. The smallest absolute Gasteiger partial charge is 0.0603 e. The van der Waals surface area contributed by atoms with E-state index in [-0.39, 0.29) is 11.5 Å². The lowest BCUT2D eigenvalue weighted by molar-refractivity contribution is 0.0462. The minimum atomic E-state index is -0.253. The molecule has 0 aromatic rings. The van der Waals surface area contributed by atoms with E-state index < -0.39 is 0 Å². The SMILES string of the molecule is CC(C)CCCC(O)C(C)(C)CN. The molecule has 2 heteroatoms. The van der Waals surface area contributed by atoms with E-state index in [0.29, 0.717) is 6.54 Å². The molecule has 2 nitrogen and oxygen atoms in total. The van der Waals surface area contributed by atoms with Crippen molar-refractivity contribution in [1.29, 1.82) is 0 Å². The highest BCUT2D eigenvalue weighted by Gasteiger charge is 2.25. The van der Waals surface area contributed by atoms with E-state index in [1.165, 1.54) is 6.42 Å². The summed E-state index contributed by atoms with van der Waals surface area (Å²) in [6, 6.07) is 0. The van der Waals surface area contributed by atoms with Gasteiger partial charge in [-0.1, -0.05) is 40.5 Å². The van der Waals surface area contributed by atoms with Crippen molar-refractivity contribution >= 4 is 0 Å². The molecule has 0 rings (SSSR count). The number of hydrogen-bond donors (Lipinski definition) is 2. The Hall–Kier alpha value is -0.0800. The van der Waals surface area contributed by atoms with Crippen LogP contribution >= 0.6 is 0 Å². The minimum absolute atomic E-state index is 0.128. The van der Waals surface area contributed by atoms with E-state index in [4.69, 9.17) is 5.73 Å². The average Bonchev–Trinajstić information content (AvgIpc) is 2.03. The van der Waals surface area contributed by atoms with Gasteiger partial charge >= 0.3 is 0 Å². The average molecular weight is 187 g/mol. The van der Waals surface area contributed by atoms with Crippen LogP contribution in [0.25, 0.3) is 0 Å². The lowest BCUT2D eigenvalue weighted by atomic mass is 9.83. The van der Waals surface area contributed by atoms with Gasteiger partial charge in [-0.15, -0.1) is 0 Å². The molecule has 0 radical (unpaired) electrons. The van der Waals surface area contributed by atoms with Gasteiger partial charge in [0.05, 0.1) is 6.10 Å². The molecule has 0 spiro atoms. The third-order valence-electron chi connectivity index (χ3n) is 2.69. The summed E-state index contributed by atoms with van der Waals surface area (Å²) in [6.45, 7) is 9.01. The van der Waals surface area contributed by atoms with Gasteiger partial charge in [-0.25, -0.2) is 0 Å². The lowest BCUT2D eigenvalue weighted by Gasteiger charge is -2.29. The summed E-state index contributed by atoms with van der Waals surface area (Å²) in [7, 11) is 0. The van der Waals surface area contributed by atoms with Crippen LogP contribution in [0.3, 0.4) is 0 Å². The van der Waals surface area contributed by atoms with E-state index >= 15 is 0 Å². The van der Waals surface area contributed by atoms with Crippen molar-refractivity contribution in [3.05, 3.63) is 0 Å². The first-order chi connectivity index (χ1) is 5.90. The van der Waals surface area contributed by atoms with Crippen LogP contribution in [0.1, 0.15) is 47.0 Å². The highest BCUT2D eigenvalue weighted by atomic mass is 16.3. The van der Waals surface area contributed by atoms with Crippen LogP contribution in [0.15, 0.2) is 0 Å². The first kappa shape index (κ1) is 12.9. The third-order valence-corrected chi connectivity index (χ3v) is 2.69. The van der Waals surface area contributed by atoms with Crippen LogP contribution in [0.5, 0.6) is 0 Å². The molecule has 0 amide bonds. The molecule has 1 unspecified atom stereocenters. The molecule has 0 bridgehead atoms. The Balaban J connectivity index is 3.68. The Bertz CT molecular complexity index is 132. The van der Waals surface area contributed by atoms with E-state index in [0.717, 1.165) is 18.8 Å². The first-order valence-corrected chi connectivity index (χ1v) is 5.28. The summed E-state index contributed by atoms with van der Waals surface area (Å²) in [6.07, 6.45) is 2.92. The molecule has 80 valence electrons. The topological polar surface area (TPSA) is 46.2 Å². The maximum atomic E-state index is 9.81. The Morgan fingerprint density at radius 2 is 1.77 bits per heavy atom. The van der Waals surface area contributed by atoms with E-state index in [2.05, 4.69) is 13.8 Å². The van der Waals surface area contributed by atoms with Gasteiger partial charge in [0.15, 0.2) is 0 Å². The maximum absolute atomic E-state index is 9.81. The zero-order chi connectivity index (χ0) is 10.5. The second-order valence-electron chi connectivity index (χ2n) is 5.03. The number of nitrogens with two attached hydrogens (primary N) is 1. The van der Waals surface area contributed by atoms with Gasteiger partial charge in [0.25, 0.3) is 0 Å². The number of aliphatic hydroxyl groups excluding tert-OH is 1. The summed E-state index contributed by atoms with van der Waals surface area (Å²) in [5.74, 6) is 0.730. The van der Waals surface area contributed by atoms with Crippen molar-refractivity contribution in [2.75, 3.05) is 6.54 Å². The second-order valence-corrected chi connectivity index (χ2v) is 5.03. The molecule has 0 saturated heterocycles. The number of rotatable bonds is 6. The van der Waals surface area contributed by atoms with Gasteiger partial charge in [-0.05, 0) is 18.9 Å².